The summed E-state index contributed by atoms with van der Waals surface area (Å²) < 4.78 is 0. The number of nitriles is 1. The van der Waals surface area contributed by atoms with Crippen molar-refractivity contribution in [2.45, 2.75) is 0 Å². The molecule has 78 valence electrons. The van der Waals surface area contributed by atoms with Crippen LogP contribution < -0.4 is 10.4 Å². The Labute approximate surface area is 94.5 Å². The third-order valence-corrected chi connectivity index (χ3v) is 2.13. The minimum absolute atomic E-state index is 0.814. The summed E-state index contributed by atoms with van der Waals surface area (Å²) >= 11 is 0. The molecule has 0 amide bonds. The molecule has 0 aliphatic carbocycles. The summed E-state index contributed by atoms with van der Waals surface area (Å²) in [5.74, 6) is 0. The number of anilines is 2. The van der Waals surface area contributed by atoms with Gasteiger partial charge in [-0.25, -0.2) is 0 Å². The maximum absolute atomic E-state index is 9.05. The number of nitrogens with one attached hydrogen (secondary N) is 1. The van der Waals surface area contributed by atoms with E-state index >= 15 is 0 Å². The molecule has 0 saturated heterocycles. The van der Waals surface area contributed by atoms with Crippen LogP contribution in [0.25, 0.3) is 0 Å². The quantitative estimate of drug-likeness (QED) is 0.480. The lowest BCUT2D eigenvalue weighted by Crippen LogP contribution is -2.23. The molecule has 3 heteroatoms. The Bertz CT molecular complexity index is 474. The SMILES string of the molecule is N#CN(Nc1ccccc1)c1ccccc1. The van der Waals surface area contributed by atoms with Crippen LogP contribution in [0.3, 0.4) is 0 Å². The summed E-state index contributed by atoms with van der Waals surface area (Å²) in [4.78, 5) is 0. The van der Waals surface area contributed by atoms with Crippen LogP contribution in [0, 0.1) is 11.5 Å². The molecule has 2 rings (SSSR count). The fourth-order valence-electron chi connectivity index (χ4n) is 1.37. The van der Waals surface area contributed by atoms with Crippen LogP contribution in [0.1, 0.15) is 0 Å². The van der Waals surface area contributed by atoms with E-state index in [0.29, 0.717) is 0 Å². The van der Waals surface area contributed by atoms with E-state index in [9.17, 15) is 0 Å². The minimum atomic E-state index is 0.814. The third-order valence-electron chi connectivity index (χ3n) is 2.13. The molecule has 0 radical (unpaired) electrons. The first-order valence-electron chi connectivity index (χ1n) is 4.97. The van der Waals surface area contributed by atoms with Gasteiger partial charge < -0.3 is 0 Å². The molecular formula is C13H11N3. The molecule has 3 nitrogen and oxygen atoms in total. The number of benzene rings is 2. The van der Waals surface area contributed by atoms with Gasteiger partial charge in [0.15, 0.2) is 0 Å². The molecule has 2 aromatic carbocycles. The summed E-state index contributed by atoms with van der Waals surface area (Å²) in [5, 5.41) is 10.5. The summed E-state index contributed by atoms with van der Waals surface area (Å²) in [7, 11) is 0. The fourth-order valence-corrected chi connectivity index (χ4v) is 1.37. The zero-order valence-corrected chi connectivity index (χ0v) is 8.67. The van der Waals surface area contributed by atoms with Gasteiger partial charge in [-0.15, -0.1) is 0 Å². The van der Waals surface area contributed by atoms with Crippen molar-refractivity contribution in [1.29, 1.82) is 5.26 Å². The monoisotopic (exact) mass is 209 g/mol. The molecule has 0 saturated carbocycles. The maximum Gasteiger partial charge on any atom is 0.205 e. The highest BCUT2D eigenvalue weighted by Crippen LogP contribution is 2.14. The normalized spacial score (nSPS) is 9.19. The number of hydrogen-bond donors (Lipinski definition) is 1. The first kappa shape index (κ1) is 10.1. The highest BCUT2D eigenvalue weighted by Gasteiger charge is 2.03. The van der Waals surface area contributed by atoms with Crippen molar-refractivity contribution >= 4 is 11.4 Å². The van der Waals surface area contributed by atoms with E-state index in [-0.39, 0.29) is 0 Å². The molecule has 0 spiro atoms. The van der Waals surface area contributed by atoms with Crippen molar-refractivity contribution in [3.63, 3.8) is 0 Å². The van der Waals surface area contributed by atoms with Gasteiger partial charge in [-0.05, 0) is 24.3 Å². The molecule has 0 bridgehead atoms. The zero-order valence-electron chi connectivity index (χ0n) is 8.67. The van der Waals surface area contributed by atoms with Gasteiger partial charge in [0, 0.05) is 0 Å². The summed E-state index contributed by atoms with van der Waals surface area (Å²) in [6, 6.07) is 19.1. The van der Waals surface area contributed by atoms with Crippen molar-refractivity contribution in [1.82, 2.24) is 0 Å². The second kappa shape index (κ2) is 4.85. The Kier molecular flexibility index (Phi) is 3.05. The second-order valence-electron chi connectivity index (χ2n) is 3.25. The molecule has 0 aliphatic rings. The van der Waals surface area contributed by atoms with Gasteiger partial charge in [-0.1, -0.05) is 36.4 Å². The van der Waals surface area contributed by atoms with Crippen LogP contribution in [-0.4, -0.2) is 0 Å². The van der Waals surface area contributed by atoms with Gasteiger partial charge in [0.05, 0.1) is 11.4 Å². The summed E-state index contributed by atoms with van der Waals surface area (Å²) in [5.41, 5.74) is 4.71. The van der Waals surface area contributed by atoms with Gasteiger partial charge in [0.2, 0.25) is 6.19 Å². The van der Waals surface area contributed by atoms with Gasteiger partial charge in [-0.2, -0.15) is 10.3 Å². The highest BCUT2D eigenvalue weighted by atomic mass is 15.5. The van der Waals surface area contributed by atoms with Crippen LogP contribution in [0.2, 0.25) is 0 Å². The van der Waals surface area contributed by atoms with Gasteiger partial charge in [0.1, 0.15) is 0 Å². The van der Waals surface area contributed by atoms with Crippen LogP contribution in [-0.2, 0) is 0 Å². The number of rotatable bonds is 3. The molecule has 0 aromatic heterocycles. The molecule has 0 aliphatic heterocycles. The second-order valence-corrected chi connectivity index (χ2v) is 3.25. The predicted octanol–water partition coefficient (Wildman–Crippen LogP) is 3.00. The molecular weight excluding hydrogens is 198 g/mol. The van der Waals surface area contributed by atoms with Crippen LogP contribution in [0.15, 0.2) is 60.7 Å². The number of para-hydroxylation sites is 2. The lowest BCUT2D eigenvalue weighted by Gasteiger charge is -2.17. The number of hydrazine groups is 1. The van der Waals surface area contributed by atoms with Gasteiger partial charge >= 0.3 is 0 Å². The molecule has 0 heterocycles. The van der Waals surface area contributed by atoms with E-state index in [0.717, 1.165) is 11.4 Å². The van der Waals surface area contributed by atoms with E-state index in [1.54, 1.807) is 0 Å². The Hall–Kier alpha value is -2.47. The van der Waals surface area contributed by atoms with Crippen LogP contribution in [0.5, 0.6) is 0 Å². The van der Waals surface area contributed by atoms with E-state index < -0.39 is 0 Å². The molecule has 0 fully saturated rings. The average Bonchev–Trinajstić information content (AvgIpc) is 2.38. The molecule has 0 atom stereocenters. The van der Waals surface area contributed by atoms with E-state index in [2.05, 4.69) is 11.6 Å². The number of nitrogens with zero attached hydrogens (tertiary/aromatic N) is 2. The first-order chi connectivity index (χ1) is 7.90. The summed E-state index contributed by atoms with van der Waals surface area (Å²) in [6.45, 7) is 0. The Balaban J connectivity index is 2.17. The van der Waals surface area contributed by atoms with Crippen molar-refractivity contribution in [2.24, 2.45) is 0 Å². The Morgan fingerprint density at radius 1 is 0.875 bits per heavy atom. The number of hydrogen-bond acceptors (Lipinski definition) is 3. The predicted molar refractivity (Wildman–Crippen MR) is 64.6 cm³/mol. The largest absolute Gasteiger partial charge is 0.285 e. The van der Waals surface area contributed by atoms with Crippen molar-refractivity contribution in [3.8, 4) is 6.19 Å². The standard InChI is InChI=1S/C13H11N3/c14-11-16(13-9-5-2-6-10-13)15-12-7-3-1-4-8-12/h1-10,15H. The van der Waals surface area contributed by atoms with Crippen molar-refractivity contribution < 1.29 is 0 Å². The zero-order chi connectivity index (χ0) is 11.2. The first-order valence-corrected chi connectivity index (χ1v) is 4.97. The van der Waals surface area contributed by atoms with Gasteiger partial charge in [-0.3, -0.25) is 5.43 Å². The fraction of sp³-hybridized carbons (Fsp3) is 0. The Morgan fingerprint density at radius 2 is 1.44 bits per heavy atom. The average molecular weight is 209 g/mol. The lowest BCUT2D eigenvalue weighted by atomic mass is 10.3. The van der Waals surface area contributed by atoms with Crippen LogP contribution in [0.4, 0.5) is 11.4 Å². The molecule has 2 aromatic rings. The molecule has 16 heavy (non-hydrogen) atoms. The Morgan fingerprint density at radius 3 is 2.00 bits per heavy atom. The van der Waals surface area contributed by atoms with Gasteiger partial charge in [0.25, 0.3) is 0 Å². The van der Waals surface area contributed by atoms with Crippen molar-refractivity contribution in [2.75, 3.05) is 10.4 Å². The van der Waals surface area contributed by atoms with Crippen molar-refractivity contribution in [3.05, 3.63) is 60.7 Å². The molecule has 0 unspecified atom stereocenters. The lowest BCUT2D eigenvalue weighted by molar-refractivity contribution is 1.16. The highest BCUT2D eigenvalue weighted by molar-refractivity contribution is 5.57. The van der Waals surface area contributed by atoms with E-state index in [1.165, 1.54) is 5.01 Å². The topological polar surface area (TPSA) is 39.1 Å². The third kappa shape index (κ3) is 2.31. The van der Waals surface area contributed by atoms with Crippen LogP contribution >= 0.6 is 0 Å². The maximum atomic E-state index is 9.05. The molecule has 1 N–H and O–H groups in total. The van der Waals surface area contributed by atoms with E-state index in [4.69, 9.17) is 5.26 Å². The van der Waals surface area contributed by atoms with E-state index in [1.807, 2.05) is 60.7 Å². The smallest absolute Gasteiger partial charge is 0.205 e. The minimum Gasteiger partial charge on any atom is -0.285 e. The summed E-state index contributed by atoms with van der Waals surface area (Å²) in [6.07, 6.45) is 2.09.